The lowest BCUT2D eigenvalue weighted by atomic mass is 10.1. The van der Waals surface area contributed by atoms with Crippen molar-refractivity contribution < 1.29 is 4.39 Å². The summed E-state index contributed by atoms with van der Waals surface area (Å²) in [7, 11) is 0. The van der Waals surface area contributed by atoms with Crippen LogP contribution in [0.1, 0.15) is 5.56 Å². The quantitative estimate of drug-likeness (QED) is 0.609. The highest BCUT2D eigenvalue weighted by Crippen LogP contribution is 2.03. The zero-order valence-corrected chi connectivity index (χ0v) is 6.13. The first kappa shape index (κ1) is 7.74. The minimum absolute atomic E-state index is 0.209. The largest absolute Gasteiger partial charge is 0.267 e. The SMILES string of the molecule is C#[N+]CCc1cccc(F)c1. The highest BCUT2D eigenvalue weighted by atomic mass is 19.1. The number of halogens is 1. The Labute approximate surface area is 65.3 Å². The molecule has 11 heavy (non-hydrogen) atoms. The Kier molecular flexibility index (Phi) is 2.62. The van der Waals surface area contributed by atoms with Crippen LogP contribution in [0.4, 0.5) is 4.39 Å². The summed E-state index contributed by atoms with van der Waals surface area (Å²) in [5.41, 5.74) is 0.930. The highest BCUT2D eigenvalue weighted by Gasteiger charge is 1.96. The Bertz CT molecular complexity index is 275. The van der Waals surface area contributed by atoms with Gasteiger partial charge < -0.3 is 0 Å². The summed E-state index contributed by atoms with van der Waals surface area (Å²) in [6, 6.07) is 6.45. The van der Waals surface area contributed by atoms with Crippen LogP contribution >= 0.6 is 0 Å². The van der Waals surface area contributed by atoms with Gasteiger partial charge in [-0.1, -0.05) is 17.0 Å². The second kappa shape index (κ2) is 3.72. The second-order valence-corrected chi connectivity index (χ2v) is 2.29. The topological polar surface area (TPSA) is 4.36 Å². The number of hydrogen-bond donors (Lipinski definition) is 0. The fraction of sp³-hybridized carbons (Fsp3) is 0.222. The monoisotopic (exact) mass is 150 g/mol. The van der Waals surface area contributed by atoms with Crippen molar-refractivity contribution in [2.75, 3.05) is 6.54 Å². The van der Waals surface area contributed by atoms with Gasteiger partial charge in [-0.25, -0.2) is 4.39 Å². The van der Waals surface area contributed by atoms with Crippen LogP contribution in [-0.4, -0.2) is 6.54 Å². The smallest absolute Gasteiger partial charge is 0.207 e. The molecule has 0 spiro atoms. The maximum atomic E-state index is 12.5. The zero-order valence-electron chi connectivity index (χ0n) is 6.13. The maximum absolute atomic E-state index is 12.5. The van der Waals surface area contributed by atoms with E-state index in [9.17, 15) is 4.39 Å². The Morgan fingerprint density at radius 1 is 1.45 bits per heavy atom. The van der Waals surface area contributed by atoms with Crippen LogP contribution in [0.3, 0.4) is 0 Å². The summed E-state index contributed by atoms with van der Waals surface area (Å²) in [4.78, 5) is 3.44. The van der Waals surface area contributed by atoms with Gasteiger partial charge in [0, 0.05) is 6.42 Å². The summed E-state index contributed by atoms with van der Waals surface area (Å²) in [5, 5.41) is 0. The van der Waals surface area contributed by atoms with Gasteiger partial charge in [-0.05, 0) is 17.7 Å². The molecule has 1 nitrogen and oxygen atoms in total. The summed E-state index contributed by atoms with van der Waals surface area (Å²) >= 11 is 0. The lowest BCUT2D eigenvalue weighted by Crippen LogP contribution is -1.87. The first-order valence-corrected chi connectivity index (χ1v) is 3.44. The van der Waals surface area contributed by atoms with Crippen molar-refractivity contribution in [2.24, 2.45) is 0 Å². The molecule has 2 heteroatoms. The molecule has 1 rings (SSSR count). The predicted octanol–water partition coefficient (Wildman–Crippen LogP) is 2.33. The summed E-state index contributed by atoms with van der Waals surface area (Å²) in [6.45, 7) is 5.49. The van der Waals surface area contributed by atoms with Gasteiger partial charge in [0.25, 0.3) is 13.1 Å². The molecule has 0 aliphatic heterocycles. The lowest BCUT2D eigenvalue weighted by molar-refractivity contribution is 0.625. The van der Waals surface area contributed by atoms with Crippen LogP contribution in [0, 0.1) is 12.4 Å². The molecule has 0 bridgehead atoms. The van der Waals surface area contributed by atoms with Gasteiger partial charge in [0.05, 0.1) is 0 Å². The Balaban J connectivity index is 2.65. The molecular formula is C9H9FN+. The van der Waals surface area contributed by atoms with Crippen molar-refractivity contribution >= 4 is 0 Å². The van der Waals surface area contributed by atoms with Crippen LogP contribution in [0.15, 0.2) is 24.3 Å². The fourth-order valence-electron chi connectivity index (χ4n) is 0.886. The molecule has 0 atom stereocenters. The van der Waals surface area contributed by atoms with E-state index in [-0.39, 0.29) is 5.82 Å². The molecule has 1 aromatic rings. The van der Waals surface area contributed by atoms with Crippen LogP contribution in [0.2, 0.25) is 0 Å². The molecule has 0 aromatic heterocycles. The van der Waals surface area contributed by atoms with E-state index in [1.54, 1.807) is 6.07 Å². The summed E-state index contributed by atoms with van der Waals surface area (Å²) in [5.74, 6) is -0.209. The van der Waals surface area contributed by atoms with E-state index in [1.807, 2.05) is 6.07 Å². The summed E-state index contributed by atoms with van der Waals surface area (Å²) < 4.78 is 12.5. The van der Waals surface area contributed by atoms with Crippen molar-refractivity contribution in [1.29, 1.82) is 0 Å². The number of benzene rings is 1. The molecule has 1 aromatic carbocycles. The van der Waals surface area contributed by atoms with Crippen molar-refractivity contribution in [3.63, 3.8) is 0 Å². The van der Waals surface area contributed by atoms with Gasteiger partial charge in [-0.15, -0.1) is 0 Å². The molecule has 56 valence electrons. The van der Waals surface area contributed by atoms with E-state index in [0.29, 0.717) is 13.0 Å². The maximum Gasteiger partial charge on any atom is 0.267 e. The lowest BCUT2D eigenvalue weighted by Gasteiger charge is -1.92. The third kappa shape index (κ3) is 2.38. The third-order valence-corrected chi connectivity index (χ3v) is 1.42. The minimum Gasteiger partial charge on any atom is -0.207 e. The van der Waals surface area contributed by atoms with Crippen LogP contribution in [0.5, 0.6) is 0 Å². The molecule has 0 fully saturated rings. The molecule has 0 radical (unpaired) electrons. The van der Waals surface area contributed by atoms with Crippen LogP contribution < -0.4 is 0 Å². The van der Waals surface area contributed by atoms with Gasteiger partial charge in [-0.3, -0.25) is 0 Å². The van der Waals surface area contributed by atoms with E-state index in [2.05, 4.69) is 4.85 Å². The van der Waals surface area contributed by atoms with Crippen LogP contribution in [-0.2, 0) is 6.42 Å². The van der Waals surface area contributed by atoms with Crippen molar-refractivity contribution in [2.45, 2.75) is 6.42 Å². The molecule has 0 saturated carbocycles. The number of hydrogen-bond acceptors (Lipinski definition) is 0. The Hall–Kier alpha value is -1.36. The van der Waals surface area contributed by atoms with E-state index in [1.165, 1.54) is 12.1 Å². The van der Waals surface area contributed by atoms with Gasteiger partial charge in [0.2, 0.25) is 0 Å². The molecule has 0 heterocycles. The van der Waals surface area contributed by atoms with E-state index >= 15 is 0 Å². The number of nitrogens with zero attached hydrogens (tertiary/aromatic N) is 1. The van der Waals surface area contributed by atoms with Crippen molar-refractivity contribution in [1.82, 2.24) is 0 Å². The predicted molar refractivity (Wildman–Crippen MR) is 43.3 cm³/mol. The van der Waals surface area contributed by atoms with E-state index in [0.717, 1.165) is 5.56 Å². The van der Waals surface area contributed by atoms with Crippen LogP contribution in [0.25, 0.3) is 4.85 Å². The minimum atomic E-state index is -0.209. The van der Waals surface area contributed by atoms with Crippen molar-refractivity contribution in [3.8, 4) is 6.57 Å². The molecule has 0 saturated heterocycles. The van der Waals surface area contributed by atoms with Gasteiger partial charge in [0.15, 0.2) is 0 Å². The molecule has 0 N–H and O–H groups in total. The van der Waals surface area contributed by atoms with Gasteiger partial charge >= 0.3 is 0 Å². The van der Waals surface area contributed by atoms with E-state index in [4.69, 9.17) is 6.57 Å². The molecule has 0 aliphatic rings. The molecule has 0 amide bonds. The van der Waals surface area contributed by atoms with Gasteiger partial charge in [0.1, 0.15) is 5.82 Å². The average Bonchev–Trinajstić information content (AvgIpc) is 2.01. The zero-order chi connectivity index (χ0) is 8.10. The molecule has 0 unspecified atom stereocenters. The second-order valence-electron chi connectivity index (χ2n) is 2.29. The summed E-state index contributed by atoms with van der Waals surface area (Å²) in [6.07, 6.45) is 0.703. The third-order valence-electron chi connectivity index (χ3n) is 1.42. The Morgan fingerprint density at radius 2 is 2.27 bits per heavy atom. The normalized spacial score (nSPS) is 9.09. The van der Waals surface area contributed by atoms with Gasteiger partial charge in [-0.2, -0.15) is 0 Å². The Morgan fingerprint density at radius 3 is 2.91 bits per heavy atom. The van der Waals surface area contributed by atoms with E-state index < -0.39 is 0 Å². The first-order valence-electron chi connectivity index (χ1n) is 3.44. The fourth-order valence-corrected chi connectivity index (χ4v) is 0.886. The number of rotatable bonds is 2. The van der Waals surface area contributed by atoms with Crippen molar-refractivity contribution in [3.05, 3.63) is 40.5 Å². The standard InChI is InChI=1S/C9H9FN/c1-11-6-5-8-3-2-4-9(10)7-8/h1-4,7H,5-6H2/q+1. The first-order chi connectivity index (χ1) is 5.33. The average molecular weight is 150 g/mol. The highest BCUT2D eigenvalue weighted by molar-refractivity contribution is 5.16. The molecule has 0 aliphatic carbocycles. The molecular weight excluding hydrogens is 141 g/mol.